The molecule has 0 bridgehead atoms. The molecule has 1 unspecified atom stereocenters. The summed E-state index contributed by atoms with van der Waals surface area (Å²) in [6.07, 6.45) is 3.63. The van der Waals surface area contributed by atoms with Crippen LogP contribution in [0, 0.1) is 11.5 Å². The number of carbonyl (C=O) groups is 2. The van der Waals surface area contributed by atoms with Crippen molar-refractivity contribution in [3.63, 3.8) is 0 Å². The third-order valence-corrected chi connectivity index (χ3v) is 4.85. The van der Waals surface area contributed by atoms with Crippen LogP contribution in [-0.2, 0) is 16.0 Å². The number of rotatable bonds is 8. The summed E-state index contributed by atoms with van der Waals surface area (Å²) < 4.78 is 6.15. The van der Waals surface area contributed by atoms with Gasteiger partial charge in [0.15, 0.2) is 6.19 Å². The Kier molecular flexibility index (Phi) is 7.18. The molecule has 1 aromatic carbocycles. The number of carbonyl (C=O) groups excluding carboxylic acids is 2. The van der Waals surface area contributed by atoms with E-state index in [9.17, 15) is 9.59 Å². The number of alkyl carbamates (subject to hydrolysis) is 1. The van der Waals surface area contributed by atoms with Crippen LogP contribution in [0.4, 0.5) is 4.79 Å². The lowest BCUT2D eigenvalue weighted by molar-refractivity contribution is -0.130. The molecule has 136 valence electrons. The second kappa shape index (κ2) is 9.59. The topological polar surface area (TPSA) is 82.4 Å². The number of nitriles is 1. The van der Waals surface area contributed by atoms with E-state index in [2.05, 4.69) is 11.9 Å². The van der Waals surface area contributed by atoms with Crippen molar-refractivity contribution in [3.8, 4) is 6.19 Å². The molecule has 0 aliphatic carbocycles. The first-order valence-corrected chi connectivity index (χ1v) is 9.19. The smallest absolute Gasteiger partial charge is 0.407 e. The number of nitrogens with one attached hydrogen (secondary N) is 1. The van der Waals surface area contributed by atoms with E-state index < -0.39 is 18.0 Å². The molecule has 0 aliphatic heterocycles. The number of fused-ring (bicyclic) bond motifs is 1. The summed E-state index contributed by atoms with van der Waals surface area (Å²) in [6.45, 7) is 5.70. The summed E-state index contributed by atoms with van der Waals surface area (Å²) in [4.78, 5) is 25.7. The fraction of sp³-hybridized carbons (Fsp3) is 0.316. The first-order chi connectivity index (χ1) is 12.6. The molecule has 0 aliphatic rings. The largest absolute Gasteiger partial charge is 0.449 e. The molecule has 2 rings (SSSR count). The van der Waals surface area contributed by atoms with Crippen molar-refractivity contribution in [1.82, 2.24) is 10.2 Å². The van der Waals surface area contributed by atoms with Gasteiger partial charge in [0.1, 0.15) is 6.04 Å². The molecule has 0 saturated heterocycles. The molecular formula is C19H21N3O3S. The van der Waals surface area contributed by atoms with E-state index in [0.717, 1.165) is 20.5 Å². The van der Waals surface area contributed by atoms with Crippen molar-refractivity contribution in [3.05, 3.63) is 47.9 Å². The minimum Gasteiger partial charge on any atom is -0.449 e. The molecule has 6 nitrogen and oxygen atoms in total. The van der Waals surface area contributed by atoms with Crippen molar-refractivity contribution in [2.75, 3.05) is 13.2 Å². The molecule has 0 radical (unpaired) electrons. The lowest BCUT2D eigenvalue weighted by Gasteiger charge is -2.21. The van der Waals surface area contributed by atoms with Crippen molar-refractivity contribution in [2.24, 2.45) is 0 Å². The first-order valence-electron chi connectivity index (χ1n) is 8.31. The highest BCUT2D eigenvalue weighted by atomic mass is 32.1. The average molecular weight is 371 g/mol. The number of amides is 2. The molecule has 0 fully saturated rings. The van der Waals surface area contributed by atoms with E-state index in [1.807, 2.05) is 35.8 Å². The second-order valence-corrected chi connectivity index (χ2v) is 6.47. The first kappa shape index (κ1) is 19.5. The van der Waals surface area contributed by atoms with Gasteiger partial charge in [0.25, 0.3) is 5.91 Å². The number of benzene rings is 1. The zero-order valence-electron chi connectivity index (χ0n) is 14.6. The number of likely N-dealkylation sites (N-methyl/N-ethyl adjacent to an activating group) is 1. The Morgan fingerprint density at radius 2 is 2.23 bits per heavy atom. The quantitative estimate of drug-likeness (QED) is 0.333. The lowest BCUT2D eigenvalue weighted by Crippen LogP contribution is -2.48. The summed E-state index contributed by atoms with van der Waals surface area (Å²) in [5.41, 5.74) is 0.948. The molecule has 2 amide bonds. The van der Waals surface area contributed by atoms with Gasteiger partial charge < -0.3 is 10.1 Å². The Bertz CT molecular complexity index is 825. The summed E-state index contributed by atoms with van der Waals surface area (Å²) in [6, 6.07) is 7.00. The van der Waals surface area contributed by atoms with Gasteiger partial charge >= 0.3 is 6.09 Å². The van der Waals surface area contributed by atoms with E-state index in [-0.39, 0.29) is 19.6 Å². The van der Waals surface area contributed by atoms with E-state index >= 15 is 0 Å². The Morgan fingerprint density at radius 1 is 1.46 bits per heavy atom. The zero-order chi connectivity index (χ0) is 18.9. The number of nitrogens with zero attached hydrogens (tertiary/aromatic N) is 2. The number of thiophene rings is 1. The van der Waals surface area contributed by atoms with Gasteiger partial charge in [-0.2, -0.15) is 5.26 Å². The van der Waals surface area contributed by atoms with Crippen molar-refractivity contribution in [1.29, 1.82) is 5.26 Å². The third kappa shape index (κ3) is 4.83. The van der Waals surface area contributed by atoms with Crippen LogP contribution in [0.15, 0.2) is 42.3 Å². The number of hydrogen-bond acceptors (Lipinski definition) is 5. The van der Waals surface area contributed by atoms with Gasteiger partial charge in [-0.15, -0.1) is 17.9 Å². The van der Waals surface area contributed by atoms with Crippen molar-refractivity contribution >= 4 is 33.4 Å². The van der Waals surface area contributed by atoms with Crippen LogP contribution in [0.25, 0.3) is 10.1 Å². The minimum atomic E-state index is -0.871. The van der Waals surface area contributed by atoms with Crippen LogP contribution < -0.4 is 5.32 Å². The Labute approximate surface area is 156 Å². The Balaban J connectivity index is 2.19. The van der Waals surface area contributed by atoms with Gasteiger partial charge in [-0.25, -0.2) is 9.69 Å². The molecule has 2 aromatic rings. The van der Waals surface area contributed by atoms with Crippen LogP contribution in [0.3, 0.4) is 0 Å². The van der Waals surface area contributed by atoms with Crippen molar-refractivity contribution < 1.29 is 14.3 Å². The molecule has 1 aromatic heterocycles. The molecule has 0 spiro atoms. The van der Waals surface area contributed by atoms with E-state index in [4.69, 9.17) is 10.00 Å². The van der Waals surface area contributed by atoms with Crippen LogP contribution in [0.5, 0.6) is 0 Å². The molecule has 1 atom stereocenters. The average Bonchev–Trinajstić information content (AvgIpc) is 3.05. The highest BCUT2D eigenvalue weighted by Gasteiger charge is 2.27. The van der Waals surface area contributed by atoms with E-state index in [1.54, 1.807) is 24.3 Å². The van der Waals surface area contributed by atoms with Gasteiger partial charge in [0.05, 0.1) is 6.61 Å². The summed E-state index contributed by atoms with van der Waals surface area (Å²) in [7, 11) is 0. The number of hydrogen-bond donors (Lipinski definition) is 1. The lowest BCUT2D eigenvalue weighted by atomic mass is 10.0. The predicted molar refractivity (Wildman–Crippen MR) is 102 cm³/mol. The van der Waals surface area contributed by atoms with Crippen LogP contribution in [0.2, 0.25) is 0 Å². The van der Waals surface area contributed by atoms with Gasteiger partial charge in [-0.3, -0.25) is 4.79 Å². The van der Waals surface area contributed by atoms with Gasteiger partial charge in [0.2, 0.25) is 0 Å². The highest BCUT2D eigenvalue weighted by molar-refractivity contribution is 7.17. The Hall–Kier alpha value is -2.85. The molecule has 7 heteroatoms. The summed E-state index contributed by atoms with van der Waals surface area (Å²) >= 11 is 1.58. The van der Waals surface area contributed by atoms with Gasteiger partial charge in [0, 0.05) is 17.7 Å². The standard InChI is InChI=1S/C19H21N3O3S/c1-3-5-10-25-19(24)21-16(18(23)22(4-2)13-20)11-14-12-26-17-9-7-6-8-15(14)17/h3,6-9,12,16H,1,4-5,10-11H2,2H3,(H,21,24). The van der Waals surface area contributed by atoms with Crippen LogP contribution in [0.1, 0.15) is 18.9 Å². The van der Waals surface area contributed by atoms with Gasteiger partial charge in [-0.1, -0.05) is 24.3 Å². The molecule has 26 heavy (non-hydrogen) atoms. The zero-order valence-corrected chi connectivity index (χ0v) is 15.4. The molecule has 0 saturated carbocycles. The number of ether oxygens (including phenoxy) is 1. The predicted octanol–water partition coefficient (Wildman–Crippen LogP) is 3.44. The maximum absolute atomic E-state index is 12.7. The van der Waals surface area contributed by atoms with Crippen LogP contribution in [-0.4, -0.2) is 36.1 Å². The third-order valence-electron chi connectivity index (χ3n) is 3.83. The fourth-order valence-corrected chi connectivity index (χ4v) is 3.47. The van der Waals surface area contributed by atoms with Crippen molar-refractivity contribution in [2.45, 2.75) is 25.8 Å². The maximum atomic E-state index is 12.7. The van der Waals surface area contributed by atoms with E-state index in [1.165, 1.54) is 0 Å². The SMILES string of the molecule is C=CCCOC(=O)NC(Cc1csc2ccccc12)C(=O)N(C#N)CC. The minimum absolute atomic E-state index is 0.188. The molecular weight excluding hydrogens is 350 g/mol. The fourth-order valence-electron chi connectivity index (χ4n) is 2.49. The molecule has 1 heterocycles. The summed E-state index contributed by atoms with van der Waals surface area (Å²) in [5, 5.41) is 14.8. The normalized spacial score (nSPS) is 11.4. The van der Waals surface area contributed by atoms with Crippen LogP contribution >= 0.6 is 11.3 Å². The summed E-state index contributed by atoms with van der Waals surface area (Å²) in [5.74, 6) is -0.453. The monoisotopic (exact) mass is 371 g/mol. The van der Waals surface area contributed by atoms with E-state index in [0.29, 0.717) is 6.42 Å². The Morgan fingerprint density at radius 3 is 2.92 bits per heavy atom. The maximum Gasteiger partial charge on any atom is 0.407 e. The van der Waals surface area contributed by atoms with Gasteiger partial charge in [-0.05, 0) is 35.7 Å². The molecule has 1 N–H and O–H groups in total. The second-order valence-electron chi connectivity index (χ2n) is 5.55. The highest BCUT2D eigenvalue weighted by Crippen LogP contribution is 2.26.